The molecule has 2 aromatic rings. The number of anilines is 1. The minimum absolute atomic E-state index is 0.0196. The highest BCUT2D eigenvalue weighted by Crippen LogP contribution is 2.34. The zero-order valence-electron chi connectivity index (χ0n) is 17.3. The number of amides is 1. The van der Waals surface area contributed by atoms with E-state index in [4.69, 9.17) is 4.74 Å². The minimum atomic E-state index is -1.07. The van der Waals surface area contributed by atoms with Crippen LogP contribution in [0.4, 0.5) is 5.69 Å². The van der Waals surface area contributed by atoms with Gasteiger partial charge in [0.15, 0.2) is 0 Å². The second-order valence-electron chi connectivity index (χ2n) is 8.16. The van der Waals surface area contributed by atoms with Crippen LogP contribution in [0.15, 0.2) is 48.5 Å². The van der Waals surface area contributed by atoms with Gasteiger partial charge in [0, 0.05) is 12.0 Å². The summed E-state index contributed by atoms with van der Waals surface area (Å²) in [6, 6.07) is 14.0. The van der Waals surface area contributed by atoms with Crippen LogP contribution in [-0.2, 0) is 4.79 Å². The van der Waals surface area contributed by atoms with Gasteiger partial charge in [-0.3, -0.25) is 4.79 Å². The van der Waals surface area contributed by atoms with Crippen LogP contribution in [0.5, 0.6) is 11.5 Å². The summed E-state index contributed by atoms with van der Waals surface area (Å²) in [5.74, 6) is 0.607. The first-order valence-corrected chi connectivity index (χ1v) is 10.3. The molecule has 0 bridgehead atoms. The van der Waals surface area contributed by atoms with Gasteiger partial charge in [-0.05, 0) is 75.8 Å². The highest BCUT2D eigenvalue weighted by Gasteiger charge is 2.32. The predicted molar refractivity (Wildman–Crippen MR) is 114 cm³/mol. The molecule has 5 nitrogen and oxygen atoms in total. The number of carbonyl (C=O) groups excluding carboxylic acids is 1. The Balaban J connectivity index is 1.91. The van der Waals surface area contributed by atoms with Gasteiger partial charge in [-0.2, -0.15) is 0 Å². The Labute approximate surface area is 172 Å². The van der Waals surface area contributed by atoms with Gasteiger partial charge >= 0.3 is 5.97 Å². The molecule has 0 radical (unpaired) electrons. The number of carboxylic acid groups (broad SMARTS) is 1. The Kier molecular flexibility index (Phi) is 6.57. The van der Waals surface area contributed by atoms with Crippen molar-refractivity contribution in [1.82, 2.24) is 0 Å². The SMILES string of the molecule is CC1CCC(C(=O)N(c2ccc(Oc3ccccc3)cc2C(=O)O)C(C)C)CC1. The molecule has 0 aliphatic heterocycles. The first-order valence-electron chi connectivity index (χ1n) is 10.3. The fraction of sp³-hybridized carbons (Fsp3) is 0.417. The van der Waals surface area contributed by atoms with Crippen molar-refractivity contribution in [2.24, 2.45) is 11.8 Å². The van der Waals surface area contributed by atoms with Crippen LogP contribution in [0, 0.1) is 11.8 Å². The molecule has 154 valence electrons. The molecule has 1 aliphatic rings. The van der Waals surface area contributed by atoms with Crippen LogP contribution in [0.2, 0.25) is 0 Å². The standard InChI is InChI=1S/C24H29NO4/c1-16(2)25(23(26)18-11-9-17(3)10-12-18)22-14-13-20(15-21(22)24(27)28)29-19-7-5-4-6-8-19/h4-8,13-18H,9-12H2,1-3H3,(H,27,28). The topological polar surface area (TPSA) is 66.8 Å². The lowest BCUT2D eigenvalue weighted by Gasteiger charge is -2.34. The van der Waals surface area contributed by atoms with Crippen LogP contribution < -0.4 is 9.64 Å². The number of nitrogens with zero attached hydrogens (tertiary/aromatic N) is 1. The molecular weight excluding hydrogens is 366 g/mol. The molecule has 0 saturated heterocycles. The summed E-state index contributed by atoms with van der Waals surface area (Å²) < 4.78 is 5.79. The Morgan fingerprint density at radius 2 is 1.66 bits per heavy atom. The van der Waals surface area contributed by atoms with Crippen LogP contribution >= 0.6 is 0 Å². The van der Waals surface area contributed by atoms with Gasteiger partial charge in [0.1, 0.15) is 11.5 Å². The molecule has 0 atom stereocenters. The number of para-hydroxylation sites is 1. The van der Waals surface area contributed by atoms with Gasteiger partial charge in [-0.15, -0.1) is 0 Å². The normalized spacial score (nSPS) is 19.0. The largest absolute Gasteiger partial charge is 0.478 e. The average Bonchev–Trinajstić information content (AvgIpc) is 2.70. The lowest BCUT2D eigenvalue weighted by atomic mass is 9.82. The van der Waals surface area contributed by atoms with E-state index in [9.17, 15) is 14.7 Å². The van der Waals surface area contributed by atoms with Gasteiger partial charge in [0.2, 0.25) is 5.91 Å². The van der Waals surface area contributed by atoms with Crippen molar-refractivity contribution in [1.29, 1.82) is 0 Å². The average molecular weight is 395 g/mol. The lowest BCUT2D eigenvalue weighted by Crippen LogP contribution is -2.42. The molecule has 29 heavy (non-hydrogen) atoms. The number of hydrogen-bond acceptors (Lipinski definition) is 3. The van der Waals surface area contributed by atoms with Crippen molar-refractivity contribution < 1.29 is 19.4 Å². The van der Waals surface area contributed by atoms with Gasteiger partial charge < -0.3 is 14.7 Å². The summed E-state index contributed by atoms with van der Waals surface area (Å²) >= 11 is 0. The Morgan fingerprint density at radius 1 is 1.00 bits per heavy atom. The van der Waals surface area contributed by atoms with Gasteiger partial charge in [0.05, 0.1) is 11.3 Å². The van der Waals surface area contributed by atoms with Gasteiger partial charge in [-0.25, -0.2) is 4.79 Å². The number of carboxylic acids is 1. The molecule has 1 amide bonds. The molecule has 2 aromatic carbocycles. The molecule has 3 rings (SSSR count). The van der Waals surface area contributed by atoms with E-state index >= 15 is 0 Å². The van der Waals surface area contributed by atoms with Crippen molar-refractivity contribution in [3.63, 3.8) is 0 Å². The molecular formula is C24H29NO4. The van der Waals surface area contributed by atoms with Gasteiger partial charge in [0.25, 0.3) is 0 Å². The molecule has 1 fully saturated rings. The summed E-state index contributed by atoms with van der Waals surface area (Å²) in [6.07, 6.45) is 3.80. The van der Waals surface area contributed by atoms with Crippen molar-refractivity contribution in [2.75, 3.05) is 4.90 Å². The quantitative estimate of drug-likeness (QED) is 0.677. The van der Waals surface area contributed by atoms with Crippen molar-refractivity contribution >= 4 is 17.6 Å². The number of carbonyl (C=O) groups is 2. The van der Waals surface area contributed by atoms with E-state index in [1.165, 1.54) is 6.07 Å². The zero-order valence-corrected chi connectivity index (χ0v) is 17.3. The Hall–Kier alpha value is -2.82. The fourth-order valence-corrected chi connectivity index (χ4v) is 3.94. The number of aromatic carboxylic acids is 1. The molecule has 1 N–H and O–H groups in total. The summed E-state index contributed by atoms with van der Waals surface area (Å²) in [5, 5.41) is 9.82. The summed E-state index contributed by atoms with van der Waals surface area (Å²) in [4.78, 5) is 27.0. The van der Waals surface area contributed by atoms with E-state index in [-0.39, 0.29) is 23.4 Å². The minimum Gasteiger partial charge on any atom is -0.478 e. The first kappa shape index (κ1) is 20.9. The maximum absolute atomic E-state index is 13.3. The van der Waals surface area contributed by atoms with Crippen molar-refractivity contribution in [3.8, 4) is 11.5 Å². The number of hydrogen-bond donors (Lipinski definition) is 1. The second-order valence-corrected chi connectivity index (χ2v) is 8.16. The molecule has 1 aliphatic carbocycles. The van der Waals surface area contributed by atoms with Gasteiger partial charge in [-0.1, -0.05) is 25.1 Å². The Bertz CT molecular complexity index is 854. The van der Waals surface area contributed by atoms with E-state index in [2.05, 4.69) is 6.92 Å². The third-order valence-electron chi connectivity index (χ3n) is 5.56. The highest BCUT2D eigenvalue weighted by molar-refractivity contribution is 6.03. The van der Waals surface area contributed by atoms with Crippen LogP contribution in [-0.4, -0.2) is 23.0 Å². The van der Waals surface area contributed by atoms with E-state index in [0.29, 0.717) is 23.1 Å². The number of benzene rings is 2. The van der Waals surface area contributed by atoms with Crippen molar-refractivity contribution in [2.45, 2.75) is 52.5 Å². The monoisotopic (exact) mass is 395 g/mol. The Morgan fingerprint density at radius 3 is 2.24 bits per heavy atom. The molecule has 1 saturated carbocycles. The molecule has 0 heterocycles. The number of rotatable bonds is 6. The number of ether oxygens (including phenoxy) is 1. The summed E-state index contributed by atoms with van der Waals surface area (Å²) in [5.41, 5.74) is 0.501. The first-order chi connectivity index (χ1) is 13.9. The highest BCUT2D eigenvalue weighted by atomic mass is 16.5. The third-order valence-corrected chi connectivity index (χ3v) is 5.56. The summed E-state index contributed by atoms with van der Waals surface area (Å²) in [6.45, 7) is 6.06. The maximum atomic E-state index is 13.3. The van der Waals surface area contributed by atoms with Crippen LogP contribution in [0.3, 0.4) is 0 Å². The molecule has 5 heteroatoms. The van der Waals surface area contributed by atoms with Crippen LogP contribution in [0.25, 0.3) is 0 Å². The van der Waals surface area contributed by atoms with E-state index < -0.39 is 5.97 Å². The third kappa shape index (κ3) is 4.97. The predicted octanol–water partition coefficient (Wildman–Crippen LogP) is 5.74. The second kappa shape index (κ2) is 9.12. The van der Waals surface area contributed by atoms with E-state index in [0.717, 1.165) is 25.7 Å². The molecule has 0 spiro atoms. The smallest absolute Gasteiger partial charge is 0.337 e. The summed E-state index contributed by atoms with van der Waals surface area (Å²) in [7, 11) is 0. The maximum Gasteiger partial charge on any atom is 0.337 e. The van der Waals surface area contributed by atoms with Crippen LogP contribution in [0.1, 0.15) is 56.8 Å². The van der Waals surface area contributed by atoms with E-state index in [1.807, 2.05) is 44.2 Å². The van der Waals surface area contributed by atoms with Crippen molar-refractivity contribution in [3.05, 3.63) is 54.1 Å². The van der Waals surface area contributed by atoms with E-state index in [1.54, 1.807) is 17.0 Å². The molecule has 0 unspecified atom stereocenters. The molecule has 0 aromatic heterocycles. The zero-order chi connectivity index (χ0) is 21.0. The lowest BCUT2D eigenvalue weighted by molar-refractivity contribution is -0.123. The fourth-order valence-electron chi connectivity index (χ4n) is 3.94.